The third-order valence-corrected chi connectivity index (χ3v) is 13.5. The van der Waals surface area contributed by atoms with Crippen LogP contribution < -0.4 is 4.74 Å². The highest BCUT2D eigenvalue weighted by atomic mass is 28.4. The van der Waals surface area contributed by atoms with Gasteiger partial charge in [-0.2, -0.15) is 0 Å². The van der Waals surface area contributed by atoms with Gasteiger partial charge < -0.3 is 18.6 Å². The number of amides is 1. The molecule has 2 aromatic carbocycles. The number of carbonyl (C=O) groups is 1. The van der Waals surface area contributed by atoms with E-state index in [-0.39, 0.29) is 29.1 Å². The number of imidazole rings is 1. The third kappa shape index (κ3) is 5.67. The zero-order chi connectivity index (χ0) is 28.7. The number of benzene rings is 2. The summed E-state index contributed by atoms with van der Waals surface area (Å²) >= 11 is 0. The first-order valence-electron chi connectivity index (χ1n) is 14.4. The number of fused-ring (bicyclic) bond motifs is 1. The molecule has 40 heavy (non-hydrogen) atoms. The van der Waals surface area contributed by atoms with Gasteiger partial charge in [-0.25, -0.2) is 4.98 Å². The van der Waals surface area contributed by atoms with E-state index in [1.807, 2.05) is 48.0 Å². The molecule has 1 amide bonds. The molecule has 0 N–H and O–H groups in total. The normalized spacial score (nSPS) is 22.9. The van der Waals surface area contributed by atoms with Gasteiger partial charge in [0.05, 0.1) is 30.9 Å². The van der Waals surface area contributed by atoms with Gasteiger partial charge >= 0.3 is 0 Å². The van der Waals surface area contributed by atoms with E-state index in [1.54, 1.807) is 13.4 Å². The lowest BCUT2D eigenvalue weighted by Gasteiger charge is -2.50. The summed E-state index contributed by atoms with van der Waals surface area (Å²) < 4.78 is 14.6. The van der Waals surface area contributed by atoms with Crippen LogP contribution in [0, 0.1) is 6.92 Å². The van der Waals surface area contributed by atoms with Crippen LogP contribution in [0.5, 0.6) is 5.75 Å². The standard InChI is InChI=1S/C33H43N3O3Si/c1-23-21-35(22-34-23)29-16-13-24(18-31(29)38-5)17-26-14-15-27-19-28(39-40(6,7)33(2,3)4)20-30(36(27)32(26)37)25-11-9-8-10-12-25/h8-13,16-18,21-22,27-28,30H,14-15,19-20H2,1-7H3/b26-17+. The van der Waals surface area contributed by atoms with Crippen LogP contribution in [0.15, 0.2) is 66.6 Å². The van der Waals surface area contributed by atoms with E-state index in [1.165, 1.54) is 5.56 Å². The third-order valence-electron chi connectivity index (χ3n) is 8.99. The Morgan fingerprint density at radius 1 is 1.07 bits per heavy atom. The number of rotatable bonds is 6. The first kappa shape index (κ1) is 28.4. The van der Waals surface area contributed by atoms with Crippen molar-refractivity contribution in [3.05, 3.63) is 83.4 Å². The van der Waals surface area contributed by atoms with Crippen molar-refractivity contribution in [2.75, 3.05) is 7.11 Å². The second-order valence-corrected chi connectivity index (χ2v) is 17.6. The van der Waals surface area contributed by atoms with Crippen molar-refractivity contribution >= 4 is 20.3 Å². The molecule has 2 fully saturated rings. The molecule has 0 saturated carbocycles. The van der Waals surface area contributed by atoms with Crippen molar-refractivity contribution < 1.29 is 14.0 Å². The zero-order valence-electron chi connectivity index (χ0n) is 25.0. The zero-order valence-corrected chi connectivity index (χ0v) is 26.0. The first-order chi connectivity index (χ1) is 19.0. The van der Waals surface area contributed by atoms with Gasteiger partial charge in [0.2, 0.25) is 0 Å². The number of hydrogen-bond acceptors (Lipinski definition) is 4. The Labute approximate surface area is 240 Å². The van der Waals surface area contributed by atoms with Crippen LogP contribution in [0.2, 0.25) is 18.1 Å². The minimum absolute atomic E-state index is 0.00677. The number of methoxy groups -OCH3 is 1. The monoisotopic (exact) mass is 557 g/mol. The largest absolute Gasteiger partial charge is 0.495 e. The van der Waals surface area contributed by atoms with Gasteiger partial charge in [-0.1, -0.05) is 57.2 Å². The molecule has 3 atom stereocenters. The van der Waals surface area contributed by atoms with Crippen LogP contribution in [0.3, 0.4) is 0 Å². The van der Waals surface area contributed by atoms with Crippen molar-refractivity contribution in [3.63, 3.8) is 0 Å². The van der Waals surface area contributed by atoms with E-state index >= 15 is 0 Å². The average molecular weight is 558 g/mol. The van der Waals surface area contributed by atoms with Gasteiger partial charge in [0.15, 0.2) is 8.32 Å². The molecule has 2 aliphatic heterocycles. The van der Waals surface area contributed by atoms with Gasteiger partial charge in [0, 0.05) is 23.9 Å². The Balaban J connectivity index is 1.43. The van der Waals surface area contributed by atoms with Gasteiger partial charge in [-0.15, -0.1) is 0 Å². The highest BCUT2D eigenvalue weighted by Gasteiger charge is 2.46. The van der Waals surface area contributed by atoms with Gasteiger partial charge in [0.25, 0.3) is 5.91 Å². The Bertz CT molecular complexity index is 1390. The smallest absolute Gasteiger partial charge is 0.250 e. The molecule has 7 heteroatoms. The fourth-order valence-electron chi connectivity index (χ4n) is 5.84. The highest BCUT2D eigenvalue weighted by molar-refractivity contribution is 6.74. The average Bonchev–Trinajstić information content (AvgIpc) is 3.35. The maximum absolute atomic E-state index is 14.1. The van der Waals surface area contributed by atoms with E-state index in [0.717, 1.165) is 54.0 Å². The lowest BCUT2D eigenvalue weighted by Crippen LogP contribution is -2.55. The Hall–Kier alpha value is -3.16. The van der Waals surface area contributed by atoms with E-state index in [9.17, 15) is 4.79 Å². The minimum atomic E-state index is -1.93. The first-order valence-corrected chi connectivity index (χ1v) is 17.3. The Morgan fingerprint density at radius 3 is 2.48 bits per heavy atom. The molecule has 6 nitrogen and oxygen atoms in total. The van der Waals surface area contributed by atoms with E-state index in [0.29, 0.717) is 0 Å². The predicted molar refractivity (Wildman–Crippen MR) is 163 cm³/mol. The Kier molecular flexibility index (Phi) is 7.81. The van der Waals surface area contributed by atoms with Gasteiger partial charge in [-0.3, -0.25) is 4.79 Å². The SMILES string of the molecule is COc1cc(/C=C2\CCC3CC(O[Si](C)(C)C(C)(C)C)CC(c4ccccc4)N3C2=O)ccc1-n1cnc(C)c1. The number of nitrogens with zero attached hydrogens (tertiary/aromatic N) is 3. The lowest BCUT2D eigenvalue weighted by atomic mass is 9.82. The summed E-state index contributed by atoms with van der Waals surface area (Å²) in [7, 11) is -0.253. The number of piperidine rings is 2. The molecule has 2 saturated heterocycles. The second kappa shape index (κ2) is 11.0. The van der Waals surface area contributed by atoms with Crippen molar-refractivity contribution in [3.8, 4) is 11.4 Å². The van der Waals surface area contributed by atoms with Crippen LogP contribution in [0.4, 0.5) is 0 Å². The number of aryl methyl sites for hydroxylation is 1. The van der Waals surface area contributed by atoms with E-state index < -0.39 is 8.32 Å². The predicted octanol–water partition coefficient (Wildman–Crippen LogP) is 7.49. The van der Waals surface area contributed by atoms with Crippen LogP contribution >= 0.6 is 0 Å². The van der Waals surface area contributed by atoms with Crippen LogP contribution in [0.25, 0.3) is 11.8 Å². The molecule has 3 unspecified atom stereocenters. The fraction of sp³-hybridized carbons (Fsp3) is 0.455. The van der Waals surface area contributed by atoms with Crippen LogP contribution in [-0.4, -0.2) is 47.9 Å². The molecule has 0 spiro atoms. The summed E-state index contributed by atoms with van der Waals surface area (Å²) in [5.74, 6) is 0.891. The summed E-state index contributed by atoms with van der Waals surface area (Å²) in [5.41, 5.74) is 4.88. The second-order valence-electron chi connectivity index (χ2n) is 12.8. The number of hydrogen-bond donors (Lipinski definition) is 0. The molecule has 5 rings (SSSR count). The van der Waals surface area contributed by atoms with Crippen molar-refractivity contribution in [2.24, 2.45) is 0 Å². The number of carbonyl (C=O) groups excluding carboxylic acids is 1. The highest BCUT2D eigenvalue weighted by Crippen LogP contribution is 2.45. The van der Waals surface area contributed by atoms with Crippen molar-refractivity contribution in [2.45, 2.75) is 89.7 Å². The topological polar surface area (TPSA) is 56.6 Å². The number of aromatic nitrogens is 2. The molecule has 3 aromatic rings. The summed E-state index contributed by atoms with van der Waals surface area (Å²) in [6.45, 7) is 13.5. The van der Waals surface area contributed by atoms with Crippen molar-refractivity contribution in [1.29, 1.82) is 0 Å². The minimum Gasteiger partial charge on any atom is -0.495 e. The molecule has 1 aromatic heterocycles. The van der Waals surface area contributed by atoms with Gasteiger partial charge in [-0.05, 0) is 80.1 Å². The summed E-state index contributed by atoms with van der Waals surface area (Å²) in [5, 5.41) is 0.151. The summed E-state index contributed by atoms with van der Waals surface area (Å²) in [6.07, 6.45) is 9.42. The lowest BCUT2D eigenvalue weighted by molar-refractivity contribution is -0.139. The Morgan fingerprint density at radius 2 is 1.82 bits per heavy atom. The van der Waals surface area contributed by atoms with Crippen LogP contribution in [0.1, 0.15) is 69.3 Å². The fourth-order valence-corrected chi connectivity index (χ4v) is 7.22. The number of ether oxygens (including phenoxy) is 1. The summed E-state index contributed by atoms with van der Waals surface area (Å²) in [4.78, 5) is 20.6. The van der Waals surface area contributed by atoms with Crippen molar-refractivity contribution in [1.82, 2.24) is 14.5 Å². The molecular formula is C33H43N3O3Si. The molecule has 0 aliphatic carbocycles. The van der Waals surface area contributed by atoms with E-state index in [2.05, 4.69) is 68.0 Å². The molecular weight excluding hydrogens is 514 g/mol. The maximum atomic E-state index is 14.1. The molecule has 3 heterocycles. The van der Waals surface area contributed by atoms with E-state index in [4.69, 9.17) is 9.16 Å². The maximum Gasteiger partial charge on any atom is 0.250 e. The summed E-state index contributed by atoms with van der Waals surface area (Å²) in [6, 6.07) is 16.8. The molecule has 212 valence electrons. The quantitative estimate of drug-likeness (QED) is 0.233. The van der Waals surface area contributed by atoms with Gasteiger partial charge in [0.1, 0.15) is 5.75 Å². The molecule has 2 aliphatic rings. The molecule has 0 bridgehead atoms. The van der Waals surface area contributed by atoms with Crippen LogP contribution in [-0.2, 0) is 9.22 Å². The molecule has 0 radical (unpaired) electrons.